The van der Waals surface area contributed by atoms with Crippen molar-refractivity contribution >= 4 is 15.9 Å². The lowest BCUT2D eigenvalue weighted by molar-refractivity contribution is 0.148. The number of aromatic hydroxyl groups is 1. The highest BCUT2D eigenvalue weighted by molar-refractivity contribution is 9.10. The lowest BCUT2D eigenvalue weighted by atomic mass is 10.3. The maximum absolute atomic E-state index is 12.1. The summed E-state index contributed by atoms with van der Waals surface area (Å²) in [6, 6.07) is 0. The summed E-state index contributed by atoms with van der Waals surface area (Å²) in [6.07, 6.45) is -1.96. The van der Waals surface area contributed by atoms with E-state index in [0.717, 1.165) is 6.20 Å². The second-order valence-corrected chi connectivity index (χ2v) is 2.82. The number of rotatable bonds is 1. The van der Waals surface area contributed by atoms with Crippen LogP contribution >= 0.6 is 15.9 Å². The number of hydrogen-bond donors (Lipinski definition) is 2. The summed E-state index contributed by atoms with van der Waals surface area (Å²) < 4.78 is 24.1. The molecule has 0 aliphatic carbocycles. The summed E-state index contributed by atoms with van der Waals surface area (Å²) in [7, 11) is 0. The minimum Gasteiger partial charge on any atom is -0.503 e. The number of alkyl halides is 2. The highest BCUT2D eigenvalue weighted by Crippen LogP contribution is 2.23. The molecule has 0 aliphatic heterocycles. The monoisotopic (exact) mass is 239 g/mol. The van der Waals surface area contributed by atoms with Crippen molar-refractivity contribution in [1.29, 1.82) is 0 Å². The number of hydrogen-bond acceptors (Lipinski definition) is 2. The molecule has 0 unspecified atom stereocenters. The second kappa shape index (κ2) is 3.22. The SMILES string of the molecule is O=c1c(O)c[nH]c(Br)c1C(F)F. The van der Waals surface area contributed by atoms with Gasteiger partial charge in [-0.1, -0.05) is 0 Å². The van der Waals surface area contributed by atoms with Crippen molar-refractivity contribution in [3.8, 4) is 5.75 Å². The van der Waals surface area contributed by atoms with Gasteiger partial charge in [-0.3, -0.25) is 4.79 Å². The van der Waals surface area contributed by atoms with E-state index < -0.39 is 23.2 Å². The van der Waals surface area contributed by atoms with Crippen LogP contribution in [0.5, 0.6) is 5.75 Å². The minimum atomic E-state index is -2.91. The Morgan fingerprint density at radius 1 is 1.58 bits per heavy atom. The lowest BCUT2D eigenvalue weighted by Crippen LogP contribution is -2.10. The van der Waals surface area contributed by atoms with Crippen molar-refractivity contribution < 1.29 is 13.9 Å². The van der Waals surface area contributed by atoms with E-state index in [9.17, 15) is 13.6 Å². The number of nitrogens with one attached hydrogen (secondary N) is 1. The van der Waals surface area contributed by atoms with Crippen LogP contribution in [-0.4, -0.2) is 10.1 Å². The molecule has 2 N–H and O–H groups in total. The van der Waals surface area contributed by atoms with Crippen molar-refractivity contribution in [3.05, 3.63) is 26.6 Å². The number of aromatic amines is 1. The van der Waals surface area contributed by atoms with Gasteiger partial charge in [-0.25, -0.2) is 8.78 Å². The molecule has 0 bridgehead atoms. The molecule has 12 heavy (non-hydrogen) atoms. The van der Waals surface area contributed by atoms with Crippen LogP contribution in [0, 0.1) is 0 Å². The van der Waals surface area contributed by atoms with Crippen LogP contribution in [0.3, 0.4) is 0 Å². The topological polar surface area (TPSA) is 53.1 Å². The molecule has 1 rings (SSSR count). The molecule has 0 fully saturated rings. The Morgan fingerprint density at radius 2 is 2.17 bits per heavy atom. The fourth-order valence-electron chi connectivity index (χ4n) is 0.708. The lowest BCUT2D eigenvalue weighted by Gasteiger charge is -2.01. The highest BCUT2D eigenvalue weighted by atomic mass is 79.9. The first-order valence-electron chi connectivity index (χ1n) is 2.92. The zero-order valence-electron chi connectivity index (χ0n) is 5.64. The Balaban J connectivity index is 3.44. The highest BCUT2D eigenvalue weighted by Gasteiger charge is 2.18. The van der Waals surface area contributed by atoms with Crippen LogP contribution in [0.25, 0.3) is 0 Å². The zero-order chi connectivity index (χ0) is 9.30. The molecule has 1 aromatic rings. The van der Waals surface area contributed by atoms with Crippen molar-refractivity contribution in [2.75, 3.05) is 0 Å². The van der Waals surface area contributed by atoms with Gasteiger partial charge in [-0.15, -0.1) is 0 Å². The number of halogens is 3. The summed E-state index contributed by atoms with van der Waals surface area (Å²) in [5.74, 6) is -0.714. The molecule has 0 atom stereocenters. The van der Waals surface area contributed by atoms with Gasteiger partial charge in [0.2, 0.25) is 5.43 Å². The van der Waals surface area contributed by atoms with E-state index in [1.807, 2.05) is 0 Å². The van der Waals surface area contributed by atoms with Gasteiger partial charge >= 0.3 is 0 Å². The Hall–Kier alpha value is -0.910. The van der Waals surface area contributed by atoms with E-state index in [-0.39, 0.29) is 4.60 Å². The van der Waals surface area contributed by atoms with Crippen LogP contribution in [0.4, 0.5) is 8.78 Å². The maximum Gasteiger partial charge on any atom is 0.270 e. The first-order chi connectivity index (χ1) is 5.54. The summed E-state index contributed by atoms with van der Waals surface area (Å²) in [5, 5.41) is 8.78. The summed E-state index contributed by atoms with van der Waals surface area (Å²) in [5.41, 5.74) is -1.81. The van der Waals surface area contributed by atoms with Crippen molar-refractivity contribution in [1.82, 2.24) is 4.98 Å². The summed E-state index contributed by atoms with van der Waals surface area (Å²) >= 11 is 2.74. The standard InChI is InChI=1S/C6H4BrF2NO2/c7-5-3(6(8)9)4(12)2(11)1-10-5/h1,6,11H,(H,10,12). The number of aromatic nitrogens is 1. The molecule has 0 aromatic carbocycles. The summed E-state index contributed by atoms with van der Waals surface area (Å²) in [4.78, 5) is 13.1. The minimum absolute atomic E-state index is 0.111. The van der Waals surface area contributed by atoms with Gasteiger partial charge in [-0.2, -0.15) is 0 Å². The predicted octanol–water partition coefficient (Wildman–Crippen LogP) is 1.78. The quantitative estimate of drug-likeness (QED) is 0.735. The van der Waals surface area contributed by atoms with Crippen LogP contribution in [0.2, 0.25) is 0 Å². The average Bonchev–Trinajstić information content (AvgIpc) is 1.97. The average molecular weight is 240 g/mol. The smallest absolute Gasteiger partial charge is 0.270 e. The molecule has 0 spiro atoms. The van der Waals surface area contributed by atoms with Crippen LogP contribution in [0.1, 0.15) is 12.0 Å². The Labute approximate surface area is 74.2 Å². The molecule has 1 heterocycles. The van der Waals surface area contributed by atoms with Gasteiger partial charge in [0.05, 0.1) is 10.2 Å². The largest absolute Gasteiger partial charge is 0.503 e. The van der Waals surface area contributed by atoms with E-state index in [1.165, 1.54) is 0 Å². The van der Waals surface area contributed by atoms with Gasteiger partial charge in [-0.05, 0) is 15.9 Å². The Morgan fingerprint density at radius 3 is 2.58 bits per heavy atom. The molecule has 0 saturated heterocycles. The van der Waals surface area contributed by atoms with E-state index in [2.05, 4.69) is 20.9 Å². The summed E-state index contributed by atoms with van der Waals surface area (Å²) in [6.45, 7) is 0. The van der Waals surface area contributed by atoms with E-state index in [0.29, 0.717) is 0 Å². The fraction of sp³-hybridized carbons (Fsp3) is 0.167. The van der Waals surface area contributed by atoms with Crippen LogP contribution < -0.4 is 5.43 Å². The van der Waals surface area contributed by atoms with Crippen molar-refractivity contribution in [3.63, 3.8) is 0 Å². The second-order valence-electron chi connectivity index (χ2n) is 2.03. The van der Waals surface area contributed by atoms with Crippen LogP contribution in [0.15, 0.2) is 15.6 Å². The van der Waals surface area contributed by atoms with E-state index in [4.69, 9.17) is 5.11 Å². The molecule has 0 radical (unpaired) electrons. The molecular formula is C6H4BrF2NO2. The predicted molar refractivity (Wildman–Crippen MR) is 41.4 cm³/mol. The van der Waals surface area contributed by atoms with Crippen LogP contribution in [-0.2, 0) is 0 Å². The number of pyridine rings is 1. The molecule has 66 valence electrons. The van der Waals surface area contributed by atoms with E-state index in [1.54, 1.807) is 0 Å². The molecule has 3 nitrogen and oxygen atoms in total. The first kappa shape index (κ1) is 9.18. The Kier molecular flexibility index (Phi) is 2.46. The van der Waals surface area contributed by atoms with Crippen molar-refractivity contribution in [2.24, 2.45) is 0 Å². The third-order valence-corrected chi connectivity index (χ3v) is 1.92. The van der Waals surface area contributed by atoms with Crippen molar-refractivity contribution in [2.45, 2.75) is 6.43 Å². The van der Waals surface area contributed by atoms with Gasteiger partial charge < -0.3 is 10.1 Å². The molecule has 0 amide bonds. The third-order valence-electron chi connectivity index (χ3n) is 1.27. The van der Waals surface area contributed by atoms with E-state index >= 15 is 0 Å². The van der Waals surface area contributed by atoms with Gasteiger partial charge in [0.1, 0.15) is 0 Å². The Bertz CT molecular complexity index is 350. The zero-order valence-corrected chi connectivity index (χ0v) is 7.23. The maximum atomic E-state index is 12.1. The first-order valence-corrected chi connectivity index (χ1v) is 3.71. The molecule has 1 aromatic heterocycles. The molecular weight excluding hydrogens is 236 g/mol. The number of H-pyrrole nitrogens is 1. The van der Waals surface area contributed by atoms with Gasteiger partial charge in [0.15, 0.2) is 5.75 Å². The molecule has 6 heteroatoms. The molecule has 0 saturated carbocycles. The normalized spacial score (nSPS) is 10.7. The van der Waals surface area contributed by atoms with Gasteiger partial charge in [0, 0.05) is 6.20 Å². The van der Waals surface area contributed by atoms with Gasteiger partial charge in [0.25, 0.3) is 6.43 Å². The fourth-order valence-corrected chi connectivity index (χ4v) is 1.18. The molecule has 0 aliphatic rings. The third kappa shape index (κ3) is 1.47.